The van der Waals surface area contributed by atoms with Crippen LogP contribution in [0, 0.1) is 0 Å². The van der Waals surface area contributed by atoms with E-state index in [1.54, 1.807) is 0 Å². The summed E-state index contributed by atoms with van der Waals surface area (Å²) in [6.45, 7) is 18.0. The third-order valence-corrected chi connectivity index (χ3v) is 18.0. The average molecular weight is 669 g/mol. The van der Waals surface area contributed by atoms with Crippen molar-refractivity contribution in [2.24, 2.45) is 0 Å². The van der Waals surface area contributed by atoms with Crippen LogP contribution in [0.4, 0.5) is 0 Å². The second-order valence-corrected chi connectivity index (χ2v) is 22.4. The zero-order valence-corrected chi connectivity index (χ0v) is 31.3. The molecular weight excluding hydrogens is 617 g/mol. The van der Waals surface area contributed by atoms with Gasteiger partial charge in [-0.15, -0.1) is 0 Å². The van der Waals surface area contributed by atoms with Crippen molar-refractivity contribution in [3.63, 3.8) is 0 Å². The van der Waals surface area contributed by atoms with E-state index in [9.17, 15) is 0 Å². The lowest BCUT2D eigenvalue weighted by Crippen LogP contribution is -2.74. The van der Waals surface area contributed by atoms with Gasteiger partial charge in [-0.3, -0.25) is 0 Å². The van der Waals surface area contributed by atoms with Crippen molar-refractivity contribution < 1.29 is 23.1 Å². The van der Waals surface area contributed by atoms with Crippen molar-refractivity contribution in [3.05, 3.63) is 127 Å². The van der Waals surface area contributed by atoms with Gasteiger partial charge in [0.25, 0.3) is 8.32 Å². The van der Waals surface area contributed by atoms with Crippen LogP contribution in [-0.4, -0.2) is 53.4 Å². The van der Waals surface area contributed by atoms with Crippen molar-refractivity contribution in [1.29, 1.82) is 0 Å². The van der Waals surface area contributed by atoms with E-state index in [0.29, 0.717) is 6.61 Å². The van der Waals surface area contributed by atoms with Crippen LogP contribution < -0.4 is 15.6 Å². The first-order chi connectivity index (χ1) is 22.4. The smallest absolute Gasteiger partial charge is 0.288 e. The first-order valence-electron chi connectivity index (χ1n) is 16.9. The second kappa shape index (κ2) is 15.1. The highest BCUT2D eigenvalue weighted by Gasteiger charge is 2.55. The molecule has 250 valence electrons. The summed E-state index contributed by atoms with van der Waals surface area (Å²) in [6, 6.07) is 42.3. The molecule has 0 aromatic heterocycles. The fourth-order valence-electron chi connectivity index (χ4n) is 6.03. The first kappa shape index (κ1) is 35.4. The van der Waals surface area contributed by atoms with Gasteiger partial charge in [-0.05, 0) is 60.0 Å². The van der Waals surface area contributed by atoms with Crippen molar-refractivity contribution in [1.82, 2.24) is 0 Å². The zero-order valence-electron chi connectivity index (χ0n) is 29.3. The van der Waals surface area contributed by atoms with E-state index < -0.39 is 41.2 Å². The molecule has 47 heavy (non-hydrogen) atoms. The molecule has 0 spiro atoms. The van der Waals surface area contributed by atoms with E-state index >= 15 is 0 Å². The molecule has 1 heterocycles. The Bertz CT molecular complexity index is 1410. The first-order valence-corrected chi connectivity index (χ1v) is 21.7. The predicted octanol–water partition coefficient (Wildman–Crippen LogP) is 7.18. The van der Waals surface area contributed by atoms with Crippen LogP contribution in [0.5, 0.6) is 0 Å². The molecule has 4 aromatic rings. The molecule has 5 nitrogen and oxygen atoms in total. The molecule has 5 rings (SSSR count). The molecule has 0 unspecified atom stereocenters. The Morgan fingerprint density at radius 1 is 0.638 bits per heavy atom. The minimum atomic E-state index is -3.13. The third kappa shape index (κ3) is 8.06. The number of ether oxygens (including phenoxy) is 3. The van der Waals surface area contributed by atoms with Crippen LogP contribution in [-0.2, 0) is 29.7 Å². The molecule has 1 fully saturated rings. The molecule has 4 aromatic carbocycles. The molecule has 0 bridgehead atoms. The SMILES string of the molecule is CC(C)O[C@H]1O[C@@H](C)[C@H](O[Si](c2ccccc2)(c2ccccc2)c2ccccc2)[C@@H](O[Si](C)(C)C(C)(C)C)[C@H]1OCc1ccccc1. The van der Waals surface area contributed by atoms with Crippen molar-refractivity contribution in [3.8, 4) is 0 Å². The molecule has 1 aliphatic rings. The second-order valence-electron chi connectivity index (χ2n) is 14.4. The number of hydrogen-bond acceptors (Lipinski definition) is 5. The molecule has 0 radical (unpaired) electrons. The number of rotatable bonds is 12. The lowest BCUT2D eigenvalue weighted by atomic mass is 9.99. The molecule has 0 saturated carbocycles. The highest BCUT2D eigenvalue weighted by molar-refractivity contribution is 7.07. The third-order valence-electron chi connectivity index (χ3n) is 9.51. The van der Waals surface area contributed by atoms with Crippen LogP contribution in [0.3, 0.4) is 0 Å². The molecule has 7 heteroatoms. The van der Waals surface area contributed by atoms with E-state index in [0.717, 1.165) is 21.1 Å². The molecule has 0 N–H and O–H groups in total. The minimum absolute atomic E-state index is 0.0374. The van der Waals surface area contributed by atoms with Gasteiger partial charge in [0.2, 0.25) is 0 Å². The Balaban J connectivity index is 1.68. The largest absolute Gasteiger partial charge is 0.408 e. The Labute approximate surface area is 284 Å². The Morgan fingerprint density at radius 2 is 1.09 bits per heavy atom. The number of benzene rings is 4. The summed E-state index contributed by atoms with van der Waals surface area (Å²) in [5.41, 5.74) is 1.08. The summed E-state index contributed by atoms with van der Waals surface area (Å²) in [5, 5.41) is 3.46. The number of hydrogen-bond donors (Lipinski definition) is 0. The summed E-state index contributed by atoms with van der Waals surface area (Å²) in [6.07, 6.45) is -2.45. The normalized spacial score (nSPS) is 22.4. The average Bonchev–Trinajstić information content (AvgIpc) is 3.05. The van der Waals surface area contributed by atoms with Crippen molar-refractivity contribution in [2.45, 2.75) is 103 Å². The maximum absolute atomic E-state index is 7.83. The van der Waals surface area contributed by atoms with Crippen LogP contribution in [0.15, 0.2) is 121 Å². The van der Waals surface area contributed by atoms with Crippen LogP contribution in [0.25, 0.3) is 0 Å². The summed E-state index contributed by atoms with van der Waals surface area (Å²) in [5.74, 6) is 0. The summed E-state index contributed by atoms with van der Waals surface area (Å²) in [7, 11) is -5.48. The van der Waals surface area contributed by atoms with Gasteiger partial charge in [0.15, 0.2) is 14.6 Å². The maximum Gasteiger partial charge on any atom is 0.288 e. The van der Waals surface area contributed by atoms with Crippen LogP contribution >= 0.6 is 0 Å². The van der Waals surface area contributed by atoms with E-state index in [4.69, 9.17) is 23.1 Å². The quantitative estimate of drug-likeness (QED) is 0.118. The van der Waals surface area contributed by atoms with Gasteiger partial charge in [0.1, 0.15) is 12.2 Å². The predicted molar refractivity (Wildman–Crippen MR) is 196 cm³/mol. The Morgan fingerprint density at radius 3 is 1.51 bits per heavy atom. The van der Waals surface area contributed by atoms with Gasteiger partial charge in [-0.1, -0.05) is 142 Å². The zero-order chi connectivity index (χ0) is 33.7. The standard InChI is InChI=1S/C40H52O5Si2/c1-30(2)42-39-38(41-29-32-21-13-9-14-22-32)37(44-46(7,8)40(4,5)6)36(31(3)43-39)45-47(33-23-15-10-16-24-33,34-25-17-11-18-26-34)35-27-19-12-20-28-35/h9-28,30-31,36-39H,29H2,1-8H3/t31-,36-,37+,38+,39-/m0/s1. The topological polar surface area (TPSA) is 46.2 Å². The highest BCUT2D eigenvalue weighted by atomic mass is 28.4. The monoisotopic (exact) mass is 668 g/mol. The Hall–Kier alpha value is -2.89. The molecule has 0 amide bonds. The lowest BCUT2D eigenvalue weighted by Gasteiger charge is -2.51. The van der Waals surface area contributed by atoms with E-state index in [1.807, 2.05) is 32.0 Å². The van der Waals surface area contributed by atoms with Gasteiger partial charge in [-0.2, -0.15) is 0 Å². The van der Waals surface area contributed by atoms with Crippen LogP contribution in [0.2, 0.25) is 18.1 Å². The summed E-state index contributed by atoms with van der Waals surface area (Å²) in [4.78, 5) is 0. The van der Waals surface area contributed by atoms with Crippen molar-refractivity contribution in [2.75, 3.05) is 0 Å². The van der Waals surface area contributed by atoms with Gasteiger partial charge >= 0.3 is 0 Å². The fraction of sp³-hybridized carbons (Fsp3) is 0.400. The summed E-state index contributed by atoms with van der Waals surface area (Å²) < 4.78 is 35.4. The minimum Gasteiger partial charge on any atom is -0.408 e. The van der Waals surface area contributed by atoms with Crippen molar-refractivity contribution >= 4 is 32.2 Å². The lowest BCUT2D eigenvalue weighted by molar-refractivity contribution is -0.306. The van der Waals surface area contributed by atoms with E-state index in [2.05, 4.69) is 144 Å². The molecule has 1 aliphatic heterocycles. The molecule has 5 atom stereocenters. The molecule has 0 aliphatic carbocycles. The van der Waals surface area contributed by atoms with E-state index in [1.165, 1.54) is 0 Å². The maximum atomic E-state index is 7.83. The van der Waals surface area contributed by atoms with Gasteiger partial charge in [-0.25, -0.2) is 0 Å². The van der Waals surface area contributed by atoms with Crippen LogP contribution in [0.1, 0.15) is 47.1 Å². The molecule has 1 saturated heterocycles. The van der Waals surface area contributed by atoms with Gasteiger partial charge < -0.3 is 23.1 Å². The Kier molecular flexibility index (Phi) is 11.4. The fourth-order valence-corrected chi connectivity index (χ4v) is 11.5. The van der Waals surface area contributed by atoms with Gasteiger partial charge in [0, 0.05) is 0 Å². The summed E-state index contributed by atoms with van der Waals surface area (Å²) >= 11 is 0. The highest BCUT2D eigenvalue weighted by Crippen LogP contribution is 2.41. The molecular formula is C40H52O5Si2. The van der Waals surface area contributed by atoms with Gasteiger partial charge in [0.05, 0.1) is 24.9 Å². The van der Waals surface area contributed by atoms with E-state index in [-0.39, 0.29) is 17.2 Å².